The lowest BCUT2D eigenvalue weighted by Gasteiger charge is -2.41. The topological polar surface area (TPSA) is 49.4 Å². The van der Waals surface area contributed by atoms with Gasteiger partial charge >= 0.3 is 0 Å². The van der Waals surface area contributed by atoms with E-state index in [0.29, 0.717) is 5.92 Å². The van der Waals surface area contributed by atoms with Gasteiger partial charge in [-0.1, -0.05) is 27.7 Å². The van der Waals surface area contributed by atoms with Gasteiger partial charge < -0.3 is 10.2 Å². The van der Waals surface area contributed by atoms with E-state index in [-0.39, 0.29) is 35.4 Å². The van der Waals surface area contributed by atoms with E-state index in [1.54, 1.807) is 0 Å². The molecule has 1 heterocycles. The summed E-state index contributed by atoms with van der Waals surface area (Å²) in [7, 11) is 0. The fraction of sp³-hybridized carbons (Fsp3) is 0.875. The maximum atomic E-state index is 12.7. The largest absolute Gasteiger partial charge is 0.343 e. The van der Waals surface area contributed by atoms with Gasteiger partial charge in [-0.3, -0.25) is 9.59 Å². The Morgan fingerprint density at radius 1 is 1.35 bits per heavy atom. The fourth-order valence-corrected chi connectivity index (χ4v) is 3.62. The normalized spacial score (nSPS) is 33.7. The minimum atomic E-state index is -0.331. The zero-order valence-electron chi connectivity index (χ0n) is 13.4. The molecule has 0 spiro atoms. The second-order valence-corrected chi connectivity index (χ2v) is 7.67. The van der Waals surface area contributed by atoms with E-state index in [0.717, 1.165) is 25.7 Å². The molecule has 0 aromatic carbocycles. The predicted molar refractivity (Wildman–Crippen MR) is 79.1 cm³/mol. The van der Waals surface area contributed by atoms with Crippen LogP contribution in [-0.4, -0.2) is 34.8 Å². The van der Waals surface area contributed by atoms with Crippen LogP contribution in [0.3, 0.4) is 0 Å². The van der Waals surface area contributed by atoms with E-state index >= 15 is 0 Å². The molecule has 1 saturated carbocycles. The number of nitrogens with zero attached hydrogens (tertiary/aromatic N) is 1. The van der Waals surface area contributed by atoms with E-state index < -0.39 is 0 Å². The van der Waals surface area contributed by atoms with Gasteiger partial charge in [-0.05, 0) is 43.9 Å². The van der Waals surface area contributed by atoms with Gasteiger partial charge in [-0.15, -0.1) is 0 Å². The zero-order chi connectivity index (χ0) is 15.1. The molecule has 0 aromatic heterocycles. The maximum Gasteiger partial charge on any atom is 0.246 e. The summed E-state index contributed by atoms with van der Waals surface area (Å²) in [6.07, 6.45) is 3.88. The maximum absolute atomic E-state index is 12.7. The lowest BCUT2D eigenvalue weighted by Crippen LogP contribution is -2.64. The minimum Gasteiger partial charge on any atom is -0.343 e. The van der Waals surface area contributed by atoms with E-state index in [1.165, 1.54) is 0 Å². The molecule has 2 amide bonds. The molecule has 0 radical (unpaired) electrons. The van der Waals surface area contributed by atoms with Gasteiger partial charge in [0.1, 0.15) is 12.1 Å². The summed E-state index contributed by atoms with van der Waals surface area (Å²) in [5.41, 5.74) is 0.284. The molecule has 3 unspecified atom stereocenters. The summed E-state index contributed by atoms with van der Waals surface area (Å²) in [5, 5.41) is 2.89. The molecule has 1 aliphatic heterocycles. The average Bonchev–Trinajstić information content (AvgIpc) is 2.66. The molecule has 2 aliphatic rings. The van der Waals surface area contributed by atoms with Crippen LogP contribution >= 0.6 is 0 Å². The summed E-state index contributed by atoms with van der Waals surface area (Å²) < 4.78 is 0. The number of rotatable bonds is 3. The Balaban J connectivity index is 2.16. The Hall–Kier alpha value is -1.06. The Morgan fingerprint density at radius 2 is 2.00 bits per heavy atom. The zero-order valence-corrected chi connectivity index (χ0v) is 13.4. The highest BCUT2D eigenvalue weighted by atomic mass is 16.2. The molecule has 2 fully saturated rings. The van der Waals surface area contributed by atoms with E-state index in [4.69, 9.17) is 0 Å². The molecule has 0 aromatic rings. The van der Waals surface area contributed by atoms with Crippen molar-refractivity contribution in [2.45, 2.75) is 78.4 Å². The molecular weight excluding hydrogens is 252 g/mol. The highest BCUT2D eigenvalue weighted by Crippen LogP contribution is 2.40. The molecule has 4 nitrogen and oxygen atoms in total. The van der Waals surface area contributed by atoms with Gasteiger partial charge in [0.05, 0.1) is 0 Å². The van der Waals surface area contributed by atoms with Gasteiger partial charge in [0.2, 0.25) is 11.8 Å². The lowest BCUT2D eigenvalue weighted by molar-refractivity contribution is -0.151. The Bertz CT molecular complexity index is 403. The summed E-state index contributed by atoms with van der Waals surface area (Å²) >= 11 is 0. The van der Waals surface area contributed by atoms with Crippen LogP contribution in [0.25, 0.3) is 0 Å². The van der Waals surface area contributed by atoms with Crippen molar-refractivity contribution in [3.05, 3.63) is 0 Å². The SMILES string of the molecule is CC(C)CC1NC(=O)C(C)N(C2CCC(C)(C)C2)C1=O. The van der Waals surface area contributed by atoms with Crippen molar-refractivity contribution in [3.63, 3.8) is 0 Å². The number of hydrogen-bond donors (Lipinski definition) is 1. The summed E-state index contributed by atoms with van der Waals surface area (Å²) in [6.45, 7) is 10.5. The molecular formula is C16H28N2O2. The third kappa shape index (κ3) is 2.99. The Kier molecular flexibility index (Phi) is 4.12. The van der Waals surface area contributed by atoms with Crippen molar-refractivity contribution in [2.24, 2.45) is 11.3 Å². The number of nitrogens with one attached hydrogen (secondary N) is 1. The van der Waals surface area contributed by atoms with Crippen molar-refractivity contribution >= 4 is 11.8 Å². The number of carbonyl (C=O) groups excluding carboxylic acids is 2. The molecule has 1 saturated heterocycles. The standard InChI is InChI=1S/C16H28N2O2/c1-10(2)8-13-15(20)18(11(3)14(19)17-13)12-6-7-16(4,5)9-12/h10-13H,6-9H2,1-5H3,(H,17,19). The van der Waals surface area contributed by atoms with E-state index in [2.05, 4.69) is 33.0 Å². The van der Waals surface area contributed by atoms with Crippen LogP contribution in [-0.2, 0) is 9.59 Å². The minimum absolute atomic E-state index is 0.0000406. The molecule has 1 N–H and O–H groups in total. The average molecular weight is 280 g/mol. The Labute approximate surface area is 122 Å². The monoisotopic (exact) mass is 280 g/mol. The quantitative estimate of drug-likeness (QED) is 0.862. The molecule has 2 rings (SSSR count). The first kappa shape index (κ1) is 15.3. The van der Waals surface area contributed by atoms with Crippen LogP contribution in [0.1, 0.15) is 60.3 Å². The predicted octanol–water partition coefficient (Wildman–Crippen LogP) is 2.33. The lowest BCUT2D eigenvalue weighted by atomic mass is 9.91. The first-order chi connectivity index (χ1) is 9.21. The Morgan fingerprint density at radius 3 is 2.50 bits per heavy atom. The van der Waals surface area contributed by atoms with Crippen molar-refractivity contribution in [3.8, 4) is 0 Å². The molecule has 3 atom stereocenters. The van der Waals surface area contributed by atoms with Crippen molar-refractivity contribution in [2.75, 3.05) is 0 Å². The molecule has 1 aliphatic carbocycles. The second kappa shape index (κ2) is 5.38. The first-order valence-corrected chi connectivity index (χ1v) is 7.84. The van der Waals surface area contributed by atoms with Gasteiger partial charge in [0.15, 0.2) is 0 Å². The fourth-order valence-electron chi connectivity index (χ4n) is 3.62. The highest BCUT2D eigenvalue weighted by Gasteiger charge is 2.45. The van der Waals surface area contributed by atoms with Crippen molar-refractivity contribution in [1.82, 2.24) is 10.2 Å². The number of piperazine rings is 1. The summed E-state index contributed by atoms with van der Waals surface area (Å²) in [6, 6.07) is -0.430. The second-order valence-electron chi connectivity index (χ2n) is 7.67. The van der Waals surface area contributed by atoms with Crippen LogP contribution in [0.2, 0.25) is 0 Å². The number of amides is 2. The highest BCUT2D eigenvalue weighted by molar-refractivity contribution is 5.96. The van der Waals surface area contributed by atoms with Gasteiger partial charge in [0.25, 0.3) is 0 Å². The first-order valence-electron chi connectivity index (χ1n) is 7.84. The number of carbonyl (C=O) groups is 2. The van der Waals surface area contributed by atoms with Crippen molar-refractivity contribution in [1.29, 1.82) is 0 Å². The van der Waals surface area contributed by atoms with Crippen LogP contribution < -0.4 is 5.32 Å². The smallest absolute Gasteiger partial charge is 0.246 e. The van der Waals surface area contributed by atoms with Gasteiger partial charge in [0, 0.05) is 6.04 Å². The molecule has 20 heavy (non-hydrogen) atoms. The van der Waals surface area contributed by atoms with Crippen LogP contribution in [0.5, 0.6) is 0 Å². The van der Waals surface area contributed by atoms with Crippen LogP contribution in [0.15, 0.2) is 0 Å². The van der Waals surface area contributed by atoms with Gasteiger partial charge in [-0.25, -0.2) is 0 Å². The molecule has 0 bridgehead atoms. The van der Waals surface area contributed by atoms with E-state index in [9.17, 15) is 9.59 Å². The number of hydrogen-bond acceptors (Lipinski definition) is 2. The van der Waals surface area contributed by atoms with Crippen LogP contribution in [0.4, 0.5) is 0 Å². The van der Waals surface area contributed by atoms with Crippen LogP contribution in [0, 0.1) is 11.3 Å². The molecule has 4 heteroatoms. The summed E-state index contributed by atoms with van der Waals surface area (Å²) in [5.74, 6) is 0.521. The summed E-state index contributed by atoms with van der Waals surface area (Å²) in [4.78, 5) is 26.8. The van der Waals surface area contributed by atoms with Crippen molar-refractivity contribution < 1.29 is 9.59 Å². The third-order valence-corrected chi connectivity index (χ3v) is 4.71. The van der Waals surface area contributed by atoms with E-state index in [1.807, 2.05) is 11.8 Å². The van der Waals surface area contributed by atoms with Gasteiger partial charge in [-0.2, -0.15) is 0 Å². The molecule has 114 valence electrons. The third-order valence-electron chi connectivity index (χ3n) is 4.71.